The molecule has 0 heterocycles. The molecular weight excluding hydrogens is 286 g/mol. The van der Waals surface area contributed by atoms with Crippen molar-refractivity contribution in [2.45, 2.75) is 51.7 Å². The summed E-state index contributed by atoms with van der Waals surface area (Å²) in [6, 6.07) is 8.96. The van der Waals surface area contributed by atoms with E-state index in [9.17, 15) is 19.7 Å². The fourth-order valence-electron chi connectivity index (χ4n) is 2.10. The molecule has 0 fully saturated rings. The number of Topliss-reactive ketones (excluding diaryl/α,β-unsaturated/α-hetero) is 1. The average Bonchev–Trinajstić information content (AvgIpc) is 2.54. The Morgan fingerprint density at radius 2 is 1.86 bits per heavy atom. The highest BCUT2D eigenvalue weighted by atomic mass is 16.6. The van der Waals surface area contributed by atoms with Gasteiger partial charge in [-0.05, 0) is 5.56 Å². The van der Waals surface area contributed by atoms with E-state index in [4.69, 9.17) is 4.74 Å². The first-order chi connectivity index (χ1) is 10.5. The Morgan fingerprint density at radius 3 is 2.36 bits per heavy atom. The Morgan fingerprint density at radius 1 is 1.23 bits per heavy atom. The maximum Gasteiger partial charge on any atom is 0.385 e. The van der Waals surface area contributed by atoms with Gasteiger partial charge in [0.25, 0.3) is 0 Å². The van der Waals surface area contributed by atoms with E-state index in [1.54, 1.807) is 38.1 Å². The van der Waals surface area contributed by atoms with Crippen LogP contribution in [-0.2, 0) is 20.9 Å². The Bertz CT molecular complexity index is 529. The van der Waals surface area contributed by atoms with Crippen molar-refractivity contribution < 1.29 is 19.2 Å². The number of rotatable bonds is 9. The average molecular weight is 307 g/mol. The second kappa shape index (κ2) is 8.26. The molecule has 0 spiro atoms. The maximum absolute atomic E-state index is 12.2. The van der Waals surface area contributed by atoms with E-state index in [1.807, 2.05) is 6.07 Å². The molecule has 0 saturated heterocycles. The second-order valence-electron chi connectivity index (χ2n) is 5.10. The molecule has 0 radical (unpaired) electrons. The number of hydrogen-bond donors (Lipinski definition) is 0. The molecule has 120 valence electrons. The summed E-state index contributed by atoms with van der Waals surface area (Å²) in [6.07, 6.45) is 0.170. The van der Waals surface area contributed by atoms with Gasteiger partial charge >= 0.3 is 11.5 Å². The normalized spacial score (nSPS) is 13.2. The summed E-state index contributed by atoms with van der Waals surface area (Å²) in [7, 11) is 0. The van der Waals surface area contributed by atoms with Crippen LogP contribution in [0.15, 0.2) is 30.3 Å². The molecule has 6 heteroatoms. The van der Waals surface area contributed by atoms with Gasteiger partial charge in [-0.3, -0.25) is 14.9 Å². The number of ether oxygens (including phenoxy) is 1. The highest BCUT2D eigenvalue weighted by Crippen LogP contribution is 2.25. The zero-order valence-corrected chi connectivity index (χ0v) is 12.9. The molecule has 1 atom stereocenters. The van der Waals surface area contributed by atoms with E-state index in [0.717, 1.165) is 5.56 Å². The molecule has 0 bridgehead atoms. The van der Waals surface area contributed by atoms with Crippen LogP contribution in [0.3, 0.4) is 0 Å². The third-order valence-electron chi connectivity index (χ3n) is 3.74. The van der Waals surface area contributed by atoms with Crippen LogP contribution in [0.5, 0.6) is 0 Å². The van der Waals surface area contributed by atoms with Crippen molar-refractivity contribution in [3.63, 3.8) is 0 Å². The molecule has 0 aliphatic rings. The van der Waals surface area contributed by atoms with Gasteiger partial charge in [-0.2, -0.15) is 0 Å². The summed E-state index contributed by atoms with van der Waals surface area (Å²) in [5.41, 5.74) is -1.09. The fourth-order valence-corrected chi connectivity index (χ4v) is 2.10. The summed E-state index contributed by atoms with van der Waals surface area (Å²) in [5, 5.41) is 11.4. The Labute approximate surface area is 129 Å². The summed E-state index contributed by atoms with van der Waals surface area (Å²) in [5.74, 6) is -0.983. The van der Waals surface area contributed by atoms with Crippen LogP contribution in [0.1, 0.15) is 45.1 Å². The molecule has 0 aliphatic heterocycles. The van der Waals surface area contributed by atoms with Crippen LogP contribution in [0.4, 0.5) is 0 Å². The lowest BCUT2D eigenvalue weighted by atomic mass is 9.90. The molecule has 1 rings (SSSR count). The first-order valence-electron chi connectivity index (χ1n) is 7.33. The van der Waals surface area contributed by atoms with Crippen LogP contribution in [0.2, 0.25) is 0 Å². The molecule has 1 aromatic carbocycles. The highest BCUT2D eigenvalue weighted by Gasteiger charge is 2.50. The van der Waals surface area contributed by atoms with Gasteiger partial charge in [-0.1, -0.05) is 44.2 Å². The monoisotopic (exact) mass is 307 g/mol. The van der Waals surface area contributed by atoms with Crippen LogP contribution in [0.25, 0.3) is 0 Å². The van der Waals surface area contributed by atoms with Crippen LogP contribution >= 0.6 is 0 Å². The van der Waals surface area contributed by atoms with Gasteiger partial charge < -0.3 is 4.74 Å². The standard InChI is InChI=1S/C16H21NO5/c1-3-14(18)10-11-16(4-2,17(20)21)15(19)22-12-13-8-6-5-7-9-13/h5-9H,3-4,10-12H2,1-2H3/t16-/m0/s1. The van der Waals surface area contributed by atoms with Crippen molar-refractivity contribution in [2.75, 3.05) is 0 Å². The second-order valence-corrected chi connectivity index (χ2v) is 5.10. The Hall–Kier alpha value is -2.24. The molecule has 0 saturated carbocycles. The van der Waals surface area contributed by atoms with E-state index < -0.39 is 16.4 Å². The predicted molar refractivity (Wildman–Crippen MR) is 80.8 cm³/mol. The van der Waals surface area contributed by atoms with Gasteiger partial charge in [0.15, 0.2) is 0 Å². The van der Waals surface area contributed by atoms with Crippen LogP contribution in [0, 0.1) is 10.1 Å². The minimum atomic E-state index is -1.85. The number of benzene rings is 1. The zero-order chi connectivity index (χ0) is 16.6. The predicted octanol–water partition coefficient (Wildman–Crippen LogP) is 2.91. The molecular formula is C16H21NO5. The van der Waals surface area contributed by atoms with E-state index in [-0.39, 0.29) is 31.7 Å². The zero-order valence-electron chi connectivity index (χ0n) is 12.9. The largest absolute Gasteiger partial charge is 0.456 e. The van der Waals surface area contributed by atoms with Gasteiger partial charge in [-0.15, -0.1) is 0 Å². The van der Waals surface area contributed by atoms with Crippen molar-refractivity contribution in [1.82, 2.24) is 0 Å². The van der Waals surface area contributed by atoms with Crippen molar-refractivity contribution in [3.8, 4) is 0 Å². The highest BCUT2D eigenvalue weighted by molar-refractivity contribution is 5.82. The number of hydrogen-bond acceptors (Lipinski definition) is 5. The lowest BCUT2D eigenvalue weighted by molar-refractivity contribution is -0.557. The number of nitrogens with zero attached hydrogens (tertiary/aromatic N) is 1. The number of carbonyl (C=O) groups is 2. The summed E-state index contributed by atoms with van der Waals surface area (Å²) < 4.78 is 5.12. The number of esters is 1. The van der Waals surface area contributed by atoms with Gasteiger partial charge in [0.2, 0.25) is 0 Å². The third-order valence-corrected chi connectivity index (χ3v) is 3.74. The van der Waals surface area contributed by atoms with E-state index in [2.05, 4.69) is 0 Å². The minimum Gasteiger partial charge on any atom is -0.456 e. The topological polar surface area (TPSA) is 86.5 Å². The third kappa shape index (κ3) is 4.38. The lowest BCUT2D eigenvalue weighted by Gasteiger charge is -2.21. The number of nitro groups is 1. The van der Waals surface area contributed by atoms with Gasteiger partial charge in [0.05, 0.1) is 0 Å². The SMILES string of the molecule is CCC(=O)CC[C@@](CC)(C(=O)OCc1ccccc1)[N+](=O)[O-]. The quantitative estimate of drug-likeness (QED) is 0.398. The summed E-state index contributed by atoms with van der Waals surface area (Å²) in [6.45, 7) is 3.23. The molecule has 0 aliphatic carbocycles. The van der Waals surface area contributed by atoms with Crippen LogP contribution < -0.4 is 0 Å². The molecule has 22 heavy (non-hydrogen) atoms. The number of carbonyl (C=O) groups excluding carboxylic acids is 2. The van der Waals surface area contributed by atoms with Gasteiger partial charge in [-0.25, -0.2) is 4.79 Å². The first-order valence-corrected chi connectivity index (χ1v) is 7.33. The van der Waals surface area contributed by atoms with Crippen LogP contribution in [-0.4, -0.2) is 22.2 Å². The maximum atomic E-state index is 12.2. The van der Waals surface area contributed by atoms with Crippen molar-refractivity contribution in [3.05, 3.63) is 46.0 Å². The molecule has 0 aromatic heterocycles. The first kappa shape index (κ1) is 17.8. The lowest BCUT2D eigenvalue weighted by Crippen LogP contribution is -2.47. The van der Waals surface area contributed by atoms with E-state index >= 15 is 0 Å². The Balaban J connectivity index is 2.79. The molecule has 6 nitrogen and oxygen atoms in total. The number of ketones is 1. The van der Waals surface area contributed by atoms with Gasteiger partial charge in [0.1, 0.15) is 12.4 Å². The van der Waals surface area contributed by atoms with Crippen molar-refractivity contribution in [1.29, 1.82) is 0 Å². The fraction of sp³-hybridized carbons (Fsp3) is 0.500. The molecule has 0 N–H and O–H groups in total. The van der Waals surface area contributed by atoms with Crippen molar-refractivity contribution in [2.24, 2.45) is 0 Å². The van der Waals surface area contributed by atoms with Crippen molar-refractivity contribution >= 4 is 11.8 Å². The van der Waals surface area contributed by atoms with Gasteiger partial charge in [0, 0.05) is 30.6 Å². The molecule has 1 aromatic rings. The van der Waals surface area contributed by atoms with E-state index in [0.29, 0.717) is 6.42 Å². The molecule has 0 amide bonds. The minimum absolute atomic E-state index is 0.00571. The summed E-state index contributed by atoms with van der Waals surface area (Å²) in [4.78, 5) is 34.4. The summed E-state index contributed by atoms with van der Waals surface area (Å²) >= 11 is 0. The molecule has 0 unspecified atom stereocenters. The van der Waals surface area contributed by atoms with E-state index in [1.165, 1.54) is 0 Å². The smallest absolute Gasteiger partial charge is 0.385 e. The Kier molecular flexibility index (Phi) is 6.69.